The molecule has 1 aliphatic carbocycles. The smallest absolute Gasteiger partial charge is 0.0578 e. The Morgan fingerprint density at radius 3 is 2.81 bits per heavy atom. The molecule has 0 aromatic rings. The standard InChI is InChI=1S/C14H24N2/c1-2-3-10-15-13-8-5-4-7-12(13)14-9-6-11-16-14/h12-16H,4-11H2,1H3. The molecule has 0 spiro atoms. The Labute approximate surface area is 99.6 Å². The molecule has 16 heavy (non-hydrogen) atoms. The summed E-state index contributed by atoms with van der Waals surface area (Å²) in [5.74, 6) is 6.93. The fourth-order valence-electron chi connectivity index (χ4n) is 3.24. The minimum absolute atomic E-state index is 0.699. The topological polar surface area (TPSA) is 24.1 Å². The van der Waals surface area contributed by atoms with Gasteiger partial charge in [0.2, 0.25) is 0 Å². The largest absolute Gasteiger partial charge is 0.314 e. The van der Waals surface area contributed by atoms with Gasteiger partial charge in [0.05, 0.1) is 6.54 Å². The molecule has 0 bridgehead atoms. The third-order valence-electron chi connectivity index (χ3n) is 4.06. The van der Waals surface area contributed by atoms with Gasteiger partial charge in [-0.1, -0.05) is 18.8 Å². The second kappa shape index (κ2) is 6.27. The molecular weight excluding hydrogens is 196 g/mol. The summed E-state index contributed by atoms with van der Waals surface area (Å²) in [5.41, 5.74) is 0. The molecule has 2 rings (SSSR count). The Balaban J connectivity index is 1.87. The van der Waals surface area contributed by atoms with Crippen molar-refractivity contribution in [3.63, 3.8) is 0 Å². The fraction of sp³-hybridized carbons (Fsp3) is 0.857. The van der Waals surface area contributed by atoms with Gasteiger partial charge in [-0.25, -0.2) is 0 Å². The van der Waals surface area contributed by atoms with Crippen molar-refractivity contribution < 1.29 is 0 Å². The van der Waals surface area contributed by atoms with Crippen LogP contribution in [0.3, 0.4) is 0 Å². The van der Waals surface area contributed by atoms with Crippen LogP contribution in [-0.2, 0) is 0 Å². The average molecular weight is 220 g/mol. The van der Waals surface area contributed by atoms with Crippen molar-refractivity contribution in [3.05, 3.63) is 0 Å². The van der Waals surface area contributed by atoms with E-state index < -0.39 is 0 Å². The summed E-state index contributed by atoms with van der Waals surface area (Å²) in [6.07, 6.45) is 8.29. The van der Waals surface area contributed by atoms with Gasteiger partial charge < -0.3 is 10.6 Å². The predicted molar refractivity (Wildman–Crippen MR) is 68.2 cm³/mol. The van der Waals surface area contributed by atoms with Gasteiger partial charge in [0.15, 0.2) is 0 Å². The highest BCUT2D eigenvalue weighted by Gasteiger charge is 2.32. The normalized spacial score (nSPS) is 34.4. The van der Waals surface area contributed by atoms with E-state index in [0.717, 1.165) is 18.5 Å². The number of hydrogen-bond donors (Lipinski definition) is 2. The first-order valence-corrected chi connectivity index (χ1v) is 6.78. The lowest BCUT2D eigenvalue weighted by Crippen LogP contribution is -2.47. The SMILES string of the molecule is CC#CCNC1CCCCC1C1CCCN1. The van der Waals surface area contributed by atoms with E-state index in [2.05, 4.69) is 22.5 Å². The van der Waals surface area contributed by atoms with Crippen molar-refractivity contribution in [2.24, 2.45) is 5.92 Å². The molecule has 0 amide bonds. The summed E-state index contributed by atoms with van der Waals surface area (Å²) in [7, 11) is 0. The van der Waals surface area contributed by atoms with Crippen LogP contribution in [0.1, 0.15) is 45.4 Å². The zero-order valence-electron chi connectivity index (χ0n) is 10.4. The first kappa shape index (κ1) is 12.0. The quantitative estimate of drug-likeness (QED) is 0.710. The molecule has 2 heteroatoms. The van der Waals surface area contributed by atoms with Gasteiger partial charge >= 0.3 is 0 Å². The highest BCUT2D eigenvalue weighted by molar-refractivity contribution is 4.99. The third kappa shape index (κ3) is 2.99. The van der Waals surface area contributed by atoms with E-state index in [1.165, 1.54) is 45.1 Å². The lowest BCUT2D eigenvalue weighted by atomic mass is 9.79. The van der Waals surface area contributed by atoms with Crippen LogP contribution in [0.2, 0.25) is 0 Å². The summed E-state index contributed by atoms with van der Waals surface area (Å²) in [6, 6.07) is 1.47. The molecule has 2 aliphatic rings. The van der Waals surface area contributed by atoms with Gasteiger partial charge in [-0.3, -0.25) is 0 Å². The third-order valence-corrected chi connectivity index (χ3v) is 4.06. The Morgan fingerprint density at radius 2 is 2.06 bits per heavy atom. The molecule has 0 aromatic carbocycles. The average Bonchev–Trinajstić information content (AvgIpc) is 2.83. The van der Waals surface area contributed by atoms with Crippen LogP contribution in [0.5, 0.6) is 0 Å². The summed E-state index contributed by atoms with van der Waals surface area (Å²) in [5, 5.41) is 7.31. The van der Waals surface area contributed by atoms with Crippen molar-refractivity contribution in [1.82, 2.24) is 10.6 Å². The van der Waals surface area contributed by atoms with E-state index in [-0.39, 0.29) is 0 Å². The first-order chi connectivity index (χ1) is 7.92. The summed E-state index contributed by atoms with van der Waals surface area (Å²) in [6.45, 7) is 4.01. The monoisotopic (exact) mass is 220 g/mol. The van der Waals surface area contributed by atoms with E-state index in [4.69, 9.17) is 0 Å². The van der Waals surface area contributed by atoms with Gasteiger partial charge in [-0.05, 0) is 45.1 Å². The molecule has 2 nitrogen and oxygen atoms in total. The van der Waals surface area contributed by atoms with Gasteiger partial charge in [0.25, 0.3) is 0 Å². The van der Waals surface area contributed by atoms with Gasteiger partial charge in [-0.15, -0.1) is 5.92 Å². The Morgan fingerprint density at radius 1 is 1.19 bits per heavy atom. The van der Waals surface area contributed by atoms with Crippen molar-refractivity contribution in [2.75, 3.05) is 13.1 Å². The van der Waals surface area contributed by atoms with Gasteiger partial charge in [0.1, 0.15) is 0 Å². The Bertz CT molecular complexity index is 258. The molecular formula is C14H24N2. The number of nitrogens with one attached hydrogen (secondary N) is 2. The minimum atomic E-state index is 0.699. The fourth-order valence-corrected chi connectivity index (χ4v) is 3.24. The summed E-state index contributed by atoms with van der Waals surface area (Å²) < 4.78 is 0. The minimum Gasteiger partial charge on any atom is -0.314 e. The predicted octanol–water partition coefficient (Wildman–Crippen LogP) is 1.91. The zero-order valence-corrected chi connectivity index (χ0v) is 10.4. The van der Waals surface area contributed by atoms with Crippen molar-refractivity contribution in [3.8, 4) is 11.8 Å². The summed E-state index contributed by atoms with van der Waals surface area (Å²) >= 11 is 0. The molecule has 3 atom stereocenters. The van der Waals surface area contributed by atoms with E-state index >= 15 is 0 Å². The van der Waals surface area contributed by atoms with Crippen molar-refractivity contribution in [2.45, 2.75) is 57.5 Å². The maximum absolute atomic E-state index is 3.67. The van der Waals surface area contributed by atoms with Crippen molar-refractivity contribution >= 4 is 0 Å². The van der Waals surface area contributed by atoms with Crippen LogP contribution in [0.4, 0.5) is 0 Å². The van der Waals surface area contributed by atoms with Crippen LogP contribution in [0, 0.1) is 17.8 Å². The second-order valence-electron chi connectivity index (χ2n) is 5.07. The molecule has 3 unspecified atom stereocenters. The van der Waals surface area contributed by atoms with Crippen LogP contribution >= 0.6 is 0 Å². The maximum atomic E-state index is 3.67. The van der Waals surface area contributed by atoms with Gasteiger partial charge in [-0.2, -0.15) is 0 Å². The first-order valence-electron chi connectivity index (χ1n) is 6.78. The molecule has 2 fully saturated rings. The van der Waals surface area contributed by atoms with Crippen molar-refractivity contribution in [1.29, 1.82) is 0 Å². The highest BCUT2D eigenvalue weighted by Crippen LogP contribution is 2.30. The molecule has 90 valence electrons. The molecule has 1 saturated carbocycles. The summed E-state index contributed by atoms with van der Waals surface area (Å²) in [4.78, 5) is 0. The molecule has 1 saturated heterocycles. The Kier molecular flexibility index (Phi) is 4.69. The van der Waals surface area contributed by atoms with Crippen LogP contribution < -0.4 is 10.6 Å². The highest BCUT2D eigenvalue weighted by atomic mass is 15.0. The molecule has 0 radical (unpaired) electrons. The number of rotatable bonds is 3. The van der Waals surface area contributed by atoms with E-state index in [1.807, 2.05) is 6.92 Å². The van der Waals surface area contributed by atoms with Crippen LogP contribution in [0.25, 0.3) is 0 Å². The molecule has 0 aromatic heterocycles. The van der Waals surface area contributed by atoms with E-state index in [0.29, 0.717) is 6.04 Å². The number of hydrogen-bond acceptors (Lipinski definition) is 2. The van der Waals surface area contributed by atoms with Gasteiger partial charge in [0, 0.05) is 12.1 Å². The van der Waals surface area contributed by atoms with E-state index in [1.54, 1.807) is 0 Å². The zero-order chi connectivity index (χ0) is 11.2. The molecule has 2 N–H and O–H groups in total. The molecule has 1 aliphatic heterocycles. The van der Waals surface area contributed by atoms with Crippen LogP contribution in [0.15, 0.2) is 0 Å². The van der Waals surface area contributed by atoms with E-state index in [9.17, 15) is 0 Å². The lowest BCUT2D eigenvalue weighted by molar-refractivity contribution is 0.220. The Hall–Kier alpha value is -0.520. The molecule has 1 heterocycles. The lowest BCUT2D eigenvalue weighted by Gasteiger charge is -2.36. The second-order valence-corrected chi connectivity index (χ2v) is 5.07. The van der Waals surface area contributed by atoms with Crippen LogP contribution in [-0.4, -0.2) is 25.2 Å². The maximum Gasteiger partial charge on any atom is 0.0578 e.